The fraction of sp³-hybridized carbons (Fsp3) is 0.231. The second kappa shape index (κ2) is 9.61. The van der Waals surface area contributed by atoms with Crippen molar-refractivity contribution in [3.63, 3.8) is 0 Å². The zero-order chi connectivity index (χ0) is 24.4. The summed E-state index contributed by atoms with van der Waals surface area (Å²) in [6, 6.07) is 17.5. The van der Waals surface area contributed by atoms with Crippen LogP contribution in [0.5, 0.6) is 0 Å². The lowest BCUT2D eigenvalue weighted by Gasteiger charge is -2.40. The van der Waals surface area contributed by atoms with Gasteiger partial charge in [-0.25, -0.2) is 23.4 Å². The molecule has 7 nitrogen and oxygen atoms in total. The Morgan fingerprint density at radius 2 is 1.63 bits per heavy atom. The summed E-state index contributed by atoms with van der Waals surface area (Å²) in [4.78, 5) is 26.4. The molecule has 0 bridgehead atoms. The number of rotatable bonds is 5. The van der Waals surface area contributed by atoms with Gasteiger partial charge in [0, 0.05) is 43.0 Å². The molecule has 5 rings (SSSR count). The van der Waals surface area contributed by atoms with E-state index < -0.39 is 0 Å². The number of hydrogen-bond acceptors (Lipinski definition) is 5. The predicted octanol–water partition coefficient (Wildman–Crippen LogP) is 4.02. The molecular formula is C26H24F2N6O. The van der Waals surface area contributed by atoms with Gasteiger partial charge in [0.1, 0.15) is 24.0 Å². The maximum Gasteiger partial charge on any atom is 0.244 e. The molecule has 3 heterocycles. The van der Waals surface area contributed by atoms with E-state index in [4.69, 9.17) is 0 Å². The first-order valence-corrected chi connectivity index (χ1v) is 11.4. The molecule has 0 N–H and O–H groups in total. The standard InChI is InChI=1S/C26H24F2N6O/c1-18-16-32(23-4-2-3-13-29-23)14-15-33(18)24(35)17-34-26(20-7-11-22(28)12-8-20)30-25(31-34)19-5-9-21(27)10-6-19/h2-13,18H,14-17H2,1H3. The van der Waals surface area contributed by atoms with Crippen molar-refractivity contribution in [1.82, 2.24) is 24.6 Å². The summed E-state index contributed by atoms with van der Waals surface area (Å²) in [7, 11) is 0. The minimum absolute atomic E-state index is 0.0190. The van der Waals surface area contributed by atoms with E-state index in [-0.39, 0.29) is 30.1 Å². The molecule has 0 saturated carbocycles. The highest BCUT2D eigenvalue weighted by atomic mass is 19.1. The van der Waals surface area contributed by atoms with E-state index in [0.717, 1.165) is 5.82 Å². The van der Waals surface area contributed by atoms with E-state index in [2.05, 4.69) is 20.0 Å². The second-order valence-corrected chi connectivity index (χ2v) is 8.50. The third kappa shape index (κ3) is 4.89. The van der Waals surface area contributed by atoms with Crippen molar-refractivity contribution >= 4 is 11.7 Å². The summed E-state index contributed by atoms with van der Waals surface area (Å²) >= 11 is 0. The maximum atomic E-state index is 13.5. The fourth-order valence-corrected chi connectivity index (χ4v) is 4.28. The van der Waals surface area contributed by atoms with Crippen LogP contribution in [0.25, 0.3) is 22.8 Å². The van der Waals surface area contributed by atoms with Gasteiger partial charge in [0.2, 0.25) is 5.91 Å². The molecule has 0 aliphatic carbocycles. The molecule has 0 radical (unpaired) electrons. The van der Waals surface area contributed by atoms with Gasteiger partial charge in [-0.15, -0.1) is 5.10 Å². The van der Waals surface area contributed by atoms with Gasteiger partial charge >= 0.3 is 0 Å². The first kappa shape index (κ1) is 22.6. The summed E-state index contributed by atoms with van der Waals surface area (Å²) < 4.78 is 28.4. The molecule has 4 aromatic rings. The quantitative estimate of drug-likeness (QED) is 0.437. The first-order chi connectivity index (χ1) is 17.0. The van der Waals surface area contributed by atoms with Gasteiger partial charge in [0.25, 0.3) is 0 Å². The number of benzene rings is 2. The van der Waals surface area contributed by atoms with E-state index in [9.17, 15) is 13.6 Å². The number of aromatic nitrogens is 4. The van der Waals surface area contributed by atoms with Crippen LogP contribution in [0.3, 0.4) is 0 Å². The third-order valence-corrected chi connectivity index (χ3v) is 6.08. The monoisotopic (exact) mass is 474 g/mol. The number of nitrogens with zero attached hydrogens (tertiary/aromatic N) is 6. The Bertz CT molecular complexity index is 1310. The van der Waals surface area contributed by atoms with E-state index >= 15 is 0 Å². The Hall–Kier alpha value is -4.14. The Balaban J connectivity index is 1.39. The molecule has 1 aliphatic rings. The average Bonchev–Trinajstić information content (AvgIpc) is 3.29. The van der Waals surface area contributed by atoms with Gasteiger partial charge in [-0.05, 0) is 67.6 Å². The molecule has 0 spiro atoms. The predicted molar refractivity (Wildman–Crippen MR) is 128 cm³/mol. The molecule has 2 aromatic heterocycles. The normalized spacial score (nSPS) is 15.9. The number of anilines is 1. The van der Waals surface area contributed by atoms with Crippen LogP contribution in [0.4, 0.5) is 14.6 Å². The topological polar surface area (TPSA) is 67.2 Å². The lowest BCUT2D eigenvalue weighted by molar-refractivity contribution is -0.134. The van der Waals surface area contributed by atoms with Crippen molar-refractivity contribution in [3.05, 3.63) is 84.6 Å². The zero-order valence-electron chi connectivity index (χ0n) is 19.2. The van der Waals surface area contributed by atoms with Crippen molar-refractivity contribution in [2.24, 2.45) is 0 Å². The highest BCUT2D eigenvalue weighted by Gasteiger charge is 2.29. The highest BCUT2D eigenvalue weighted by Crippen LogP contribution is 2.24. The fourth-order valence-electron chi connectivity index (χ4n) is 4.28. The third-order valence-electron chi connectivity index (χ3n) is 6.08. The van der Waals surface area contributed by atoms with Crippen LogP contribution in [0.2, 0.25) is 0 Å². The number of pyridine rings is 1. The van der Waals surface area contributed by atoms with Gasteiger partial charge in [-0.3, -0.25) is 4.79 Å². The largest absolute Gasteiger partial charge is 0.353 e. The van der Waals surface area contributed by atoms with Crippen LogP contribution in [0.1, 0.15) is 6.92 Å². The molecule has 2 aromatic carbocycles. The Morgan fingerprint density at radius 3 is 2.26 bits per heavy atom. The summed E-state index contributed by atoms with van der Waals surface area (Å²) in [6.45, 7) is 3.90. The molecule has 9 heteroatoms. The SMILES string of the molecule is CC1CN(c2ccccn2)CCN1C(=O)Cn1nc(-c2ccc(F)cc2)nc1-c1ccc(F)cc1. The molecule has 1 saturated heterocycles. The number of carbonyl (C=O) groups excluding carboxylic acids is 1. The van der Waals surface area contributed by atoms with Gasteiger partial charge < -0.3 is 9.80 Å². The van der Waals surface area contributed by atoms with Crippen molar-refractivity contribution in [3.8, 4) is 22.8 Å². The summed E-state index contributed by atoms with van der Waals surface area (Å²) in [6.07, 6.45) is 1.76. The van der Waals surface area contributed by atoms with Crippen molar-refractivity contribution in [2.75, 3.05) is 24.5 Å². The van der Waals surface area contributed by atoms with Gasteiger partial charge in [0.15, 0.2) is 11.6 Å². The van der Waals surface area contributed by atoms with Gasteiger partial charge in [-0.1, -0.05) is 6.07 Å². The molecule has 1 atom stereocenters. The molecule has 1 aliphatic heterocycles. The number of halogens is 2. The number of amides is 1. The number of hydrogen-bond donors (Lipinski definition) is 0. The van der Waals surface area contributed by atoms with Crippen LogP contribution in [0, 0.1) is 11.6 Å². The Kier molecular flexibility index (Phi) is 6.22. The van der Waals surface area contributed by atoms with E-state index in [1.807, 2.05) is 30.0 Å². The van der Waals surface area contributed by atoms with Crippen molar-refractivity contribution < 1.29 is 13.6 Å². The zero-order valence-corrected chi connectivity index (χ0v) is 19.2. The Morgan fingerprint density at radius 1 is 0.943 bits per heavy atom. The molecular weight excluding hydrogens is 450 g/mol. The average molecular weight is 475 g/mol. The summed E-state index contributed by atoms with van der Waals surface area (Å²) in [5.41, 5.74) is 1.26. The van der Waals surface area contributed by atoms with Crippen LogP contribution < -0.4 is 4.90 Å². The van der Waals surface area contributed by atoms with Crippen LogP contribution in [-0.4, -0.2) is 56.2 Å². The minimum atomic E-state index is -0.366. The van der Waals surface area contributed by atoms with E-state index in [1.165, 1.54) is 28.9 Å². The van der Waals surface area contributed by atoms with E-state index in [1.54, 1.807) is 30.5 Å². The van der Waals surface area contributed by atoms with Crippen LogP contribution in [0.15, 0.2) is 72.9 Å². The maximum absolute atomic E-state index is 13.5. The van der Waals surface area contributed by atoms with Gasteiger partial charge in [0.05, 0.1) is 0 Å². The molecule has 178 valence electrons. The van der Waals surface area contributed by atoms with Gasteiger partial charge in [-0.2, -0.15) is 0 Å². The lowest BCUT2D eigenvalue weighted by atomic mass is 10.1. The second-order valence-electron chi connectivity index (χ2n) is 8.50. The van der Waals surface area contributed by atoms with Crippen molar-refractivity contribution in [2.45, 2.75) is 19.5 Å². The smallest absolute Gasteiger partial charge is 0.244 e. The summed E-state index contributed by atoms with van der Waals surface area (Å²) in [5.74, 6) is 0.889. The van der Waals surface area contributed by atoms with Crippen LogP contribution in [-0.2, 0) is 11.3 Å². The summed E-state index contributed by atoms with van der Waals surface area (Å²) in [5, 5.41) is 4.55. The lowest BCUT2D eigenvalue weighted by Crippen LogP contribution is -2.55. The van der Waals surface area contributed by atoms with Crippen LogP contribution >= 0.6 is 0 Å². The number of piperazine rings is 1. The Labute approximate surface area is 201 Å². The first-order valence-electron chi connectivity index (χ1n) is 11.4. The molecule has 1 fully saturated rings. The number of carbonyl (C=O) groups is 1. The minimum Gasteiger partial charge on any atom is -0.353 e. The molecule has 1 amide bonds. The molecule has 1 unspecified atom stereocenters. The van der Waals surface area contributed by atoms with Crippen molar-refractivity contribution in [1.29, 1.82) is 0 Å². The van der Waals surface area contributed by atoms with E-state index in [0.29, 0.717) is 42.4 Å². The molecule has 35 heavy (non-hydrogen) atoms. The highest BCUT2D eigenvalue weighted by molar-refractivity contribution is 5.77.